The van der Waals surface area contributed by atoms with Gasteiger partial charge in [0.1, 0.15) is 0 Å². The second-order valence-corrected chi connectivity index (χ2v) is 8.18. The highest BCUT2D eigenvalue weighted by Crippen LogP contribution is 2.12. The maximum atomic E-state index is 11.2. The summed E-state index contributed by atoms with van der Waals surface area (Å²) in [5.41, 5.74) is 0. The van der Waals surface area contributed by atoms with E-state index in [1.807, 2.05) is 0 Å². The zero-order valence-electron chi connectivity index (χ0n) is 18.9. The van der Waals surface area contributed by atoms with Gasteiger partial charge in [0.15, 0.2) is 0 Å². The van der Waals surface area contributed by atoms with Gasteiger partial charge in [0, 0.05) is 13.0 Å². The normalized spacial score (nSPS) is 11.4. The highest BCUT2D eigenvalue weighted by atomic mass is 16.3. The summed E-state index contributed by atoms with van der Waals surface area (Å²) in [6, 6.07) is 0. The number of rotatable bonds is 22. The van der Waals surface area contributed by atoms with Crippen LogP contribution in [-0.4, -0.2) is 24.2 Å². The Morgan fingerprint density at radius 3 is 1.57 bits per heavy atom. The molecule has 28 heavy (non-hydrogen) atoms. The second kappa shape index (κ2) is 24.2. The monoisotopic (exact) mass is 395 g/mol. The predicted octanol–water partition coefficient (Wildman–Crippen LogP) is 7.08. The molecule has 0 aliphatic heterocycles. The van der Waals surface area contributed by atoms with Gasteiger partial charge in [0.25, 0.3) is 0 Å². The fourth-order valence-electron chi connectivity index (χ4n) is 3.50. The number of aliphatic hydroxyl groups is 1. The standard InChI is InChI=1S/C25H49NO2/c1-2-3-4-5-6-7-8-9-10-11-12-13-14-15-16-17-18-19-20-21-23-26-25(28)22-24-27/h9-10,27H,2-8,11-24H2,1H3,(H,26,28). The summed E-state index contributed by atoms with van der Waals surface area (Å²) in [5, 5.41) is 11.5. The van der Waals surface area contributed by atoms with Crippen LogP contribution in [0.3, 0.4) is 0 Å². The van der Waals surface area contributed by atoms with E-state index in [2.05, 4.69) is 24.4 Å². The number of hydrogen-bond donors (Lipinski definition) is 2. The Labute approximate surface area is 175 Å². The summed E-state index contributed by atoms with van der Waals surface area (Å²) in [6.07, 6.45) is 29.1. The van der Waals surface area contributed by atoms with E-state index in [0.29, 0.717) is 0 Å². The van der Waals surface area contributed by atoms with Gasteiger partial charge in [-0.25, -0.2) is 0 Å². The lowest BCUT2D eigenvalue weighted by atomic mass is 10.1. The number of carbonyl (C=O) groups excluding carboxylic acids is 1. The molecule has 0 saturated heterocycles. The van der Waals surface area contributed by atoms with Crippen LogP contribution in [0.4, 0.5) is 0 Å². The van der Waals surface area contributed by atoms with Gasteiger partial charge in [-0.05, 0) is 32.1 Å². The predicted molar refractivity (Wildman–Crippen MR) is 123 cm³/mol. The summed E-state index contributed by atoms with van der Waals surface area (Å²) >= 11 is 0. The molecule has 0 saturated carbocycles. The van der Waals surface area contributed by atoms with E-state index in [4.69, 9.17) is 5.11 Å². The van der Waals surface area contributed by atoms with Gasteiger partial charge in [-0.3, -0.25) is 4.79 Å². The van der Waals surface area contributed by atoms with Gasteiger partial charge in [-0.2, -0.15) is 0 Å². The van der Waals surface area contributed by atoms with Crippen LogP contribution in [0.15, 0.2) is 12.2 Å². The van der Waals surface area contributed by atoms with Gasteiger partial charge in [-0.15, -0.1) is 0 Å². The molecule has 0 rings (SSSR count). The Kier molecular flexibility index (Phi) is 23.5. The van der Waals surface area contributed by atoms with E-state index in [-0.39, 0.29) is 18.9 Å². The van der Waals surface area contributed by atoms with E-state index in [1.54, 1.807) is 0 Å². The summed E-state index contributed by atoms with van der Waals surface area (Å²) in [4.78, 5) is 11.2. The van der Waals surface area contributed by atoms with Crippen molar-refractivity contribution in [3.05, 3.63) is 12.2 Å². The lowest BCUT2D eigenvalue weighted by molar-refractivity contribution is -0.121. The van der Waals surface area contributed by atoms with Crippen LogP contribution in [-0.2, 0) is 4.79 Å². The number of nitrogens with one attached hydrogen (secondary N) is 1. The molecular formula is C25H49NO2. The quantitative estimate of drug-likeness (QED) is 0.152. The average Bonchev–Trinajstić information content (AvgIpc) is 2.69. The summed E-state index contributed by atoms with van der Waals surface area (Å²) in [7, 11) is 0. The SMILES string of the molecule is CCCCCCCCC=CCCCCCCCCCCCCNC(=O)CCO. The fourth-order valence-corrected chi connectivity index (χ4v) is 3.50. The molecule has 0 aliphatic rings. The zero-order chi connectivity index (χ0) is 20.5. The molecule has 3 heteroatoms. The van der Waals surface area contributed by atoms with Crippen LogP contribution in [0, 0.1) is 0 Å². The summed E-state index contributed by atoms with van der Waals surface area (Å²) < 4.78 is 0. The van der Waals surface area contributed by atoms with Crippen molar-refractivity contribution in [2.75, 3.05) is 13.2 Å². The van der Waals surface area contributed by atoms with E-state index < -0.39 is 0 Å². The number of allylic oxidation sites excluding steroid dienone is 2. The molecule has 0 heterocycles. The highest BCUT2D eigenvalue weighted by Gasteiger charge is 1.98. The van der Waals surface area contributed by atoms with Gasteiger partial charge < -0.3 is 10.4 Å². The van der Waals surface area contributed by atoms with Crippen LogP contribution >= 0.6 is 0 Å². The molecule has 0 aromatic carbocycles. The maximum Gasteiger partial charge on any atom is 0.222 e. The van der Waals surface area contributed by atoms with Gasteiger partial charge in [-0.1, -0.05) is 103 Å². The fraction of sp³-hybridized carbons (Fsp3) is 0.880. The number of hydrogen-bond acceptors (Lipinski definition) is 2. The average molecular weight is 396 g/mol. The number of amides is 1. The molecule has 0 fully saturated rings. The van der Waals surface area contributed by atoms with Crippen molar-refractivity contribution < 1.29 is 9.90 Å². The van der Waals surface area contributed by atoms with Crippen molar-refractivity contribution in [2.45, 2.75) is 129 Å². The van der Waals surface area contributed by atoms with Crippen molar-refractivity contribution in [1.29, 1.82) is 0 Å². The minimum Gasteiger partial charge on any atom is -0.396 e. The Bertz CT molecular complexity index is 341. The van der Waals surface area contributed by atoms with Crippen molar-refractivity contribution in [3.8, 4) is 0 Å². The first-order valence-electron chi connectivity index (χ1n) is 12.3. The molecule has 0 bridgehead atoms. The summed E-state index contributed by atoms with van der Waals surface area (Å²) in [5.74, 6) is -0.0317. The van der Waals surface area contributed by atoms with E-state index >= 15 is 0 Å². The first-order valence-corrected chi connectivity index (χ1v) is 12.3. The minimum absolute atomic E-state index is 0.0317. The zero-order valence-corrected chi connectivity index (χ0v) is 18.9. The molecule has 0 aliphatic carbocycles. The lowest BCUT2D eigenvalue weighted by Crippen LogP contribution is -2.24. The van der Waals surface area contributed by atoms with Crippen LogP contribution in [0.2, 0.25) is 0 Å². The third kappa shape index (κ3) is 23.2. The Hall–Kier alpha value is -0.830. The van der Waals surface area contributed by atoms with Crippen molar-refractivity contribution >= 4 is 5.91 Å². The van der Waals surface area contributed by atoms with E-state index in [9.17, 15) is 4.79 Å². The van der Waals surface area contributed by atoms with Gasteiger partial charge in [0.2, 0.25) is 5.91 Å². The topological polar surface area (TPSA) is 49.3 Å². The van der Waals surface area contributed by atoms with Gasteiger partial charge in [0.05, 0.1) is 6.61 Å². The molecule has 0 radical (unpaired) electrons. The molecular weight excluding hydrogens is 346 g/mol. The van der Waals surface area contributed by atoms with Crippen molar-refractivity contribution in [1.82, 2.24) is 5.32 Å². The number of unbranched alkanes of at least 4 members (excludes halogenated alkanes) is 16. The molecule has 0 unspecified atom stereocenters. The van der Waals surface area contributed by atoms with Crippen LogP contribution in [0.1, 0.15) is 129 Å². The highest BCUT2D eigenvalue weighted by molar-refractivity contribution is 5.75. The largest absolute Gasteiger partial charge is 0.396 e. The van der Waals surface area contributed by atoms with Crippen molar-refractivity contribution in [2.24, 2.45) is 0 Å². The van der Waals surface area contributed by atoms with Gasteiger partial charge >= 0.3 is 0 Å². The molecule has 0 spiro atoms. The lowest BCUT2D eigenvalue weighted by Gasteiger charge is -2.04. The van der Waals surface area contributed by atoms with Crippen LogP contribution in [0.25, 0.3) is 0 Å². The van der Waals surface area contributed by atoms with Crippen molar-refractivity contribution in [3.63, 3.8) is 0 Å². The number of carbonyl (C=O) groups is 1. The Morgan fingerprint density at radius 2 is 1.11 bits per heavy atom. The molecule has 166 valence electrons. The third-order valence-corrected chi connectivity index (χ3v) is 5.35. The summed E-state index contributed by atoms with van der Waals surface area (Å²) in [6.45, 7) is 2.98. The first kappa shape index (κ1) is 27.2. The smallest absolute Gasteiger partial charge is 0.222 e. The molecule has 1 amide bonds. The molecule has 3 nitrogen and oxygen atoms in total. The molecule has 0 aromatic heterocycles. The Balaban J connectivity index is 3.10. The number of aliphatic hydroxyl groups excluding tert-OH is 1. The van der Waals surface area contributed by atoms with Crippen LogP contribution < -0.4 is 5.32 Å². The molecule has 0 atom stereocenters. The first-order chi connectivity index (χ1) is 13.8. The Morgan fingerprint density at radius 1 is 0.679 bits per heavy atom. The van der Waals surface area contributed by atoms with Crippen LogP contribution in [0.5, 0.6) is 0 Å². The maximum absolute atomic E-state index is 11.2. The van der Waals surface area contributed by atoms with E-state index in [0.717, 1.165) is 13.0 Å². The third-order valence-electron chi connectivity index (χ3n) is 5.35. The minimum atomic E-state index is -0.0538. The van der Waals surface area contributed by atoms with E-state index in [1.165, 1.54) is 109 Å². The second-order valence-electron chi connectivity index (χ2n) is 8.18. The molecule has 0 aromatic rings. The molecule has 2 N–H and O–H groups in total.